The Labute approximate surface area is 150 Å². The Morgan fingerprint density at radius 1 is 1.28 bits per heavy atom. The molecule has 0 fully saturated rings. The van der Waals surface area contributed by atoms with E-state index in [1.807, 2.05) is 6.92 Å². The largest absolute Gasteiger partial charge is 0.573 e. The number of nitrogens with zero attached hydrogens (tertiary/aromatic N) is 3. The SMILES string of the molecule is CCCCN1Cn2c(nc(Br)c2-c2ccc(OC(F)(F)F)cc2)C1=O. The van der Waals surface area contributed by atoms with Gasteiger partial charge in [0.05, 0.1) is 12.4 Å². The lowest BCUT2D eigenvalue weighted by Gasteiger charge is -2.15. The Morgan fingerprint density at radius 2 is 1.96 bits per heavy atom. The maximum absolute atomic E-state index is 12.4. The van der Waals surface area contributed by atoms with Gasteiger partial charge in [-0.25, -0.2) is 4.98 Å². The summed E-state index contributed by atoms with van der Waals surface area (Å²) < 4.78 is 42.9. The maximum atomic E-state index is 12.4. The van der Waals surface area contributed by atoms with E-state index in [1.54, 1.807) is 9.47 Å². The molecular weight excluding hydrogens is 403 g/mol. The number of benzene rings is 1. The monoisotopic (exact) mass is 417 g/mol. The second-order valence-corrected chi connectivity index (χ2v) is 6.39. The lowest BCUT2D eigenvalue weighted by atomic mass is 10.1. The first-order valence-corrected chi connectivity index (χ1v) is 8.51. The molecule has 0 unspecified atom stereocenters. The van der Waals surface area contributed by atoms with Gasteiger partial charge in [0.15, 0.2) is 0 Å². The molecule has 0 N–H and O–H groups in total. The average molecular weight is 418 g/mol. The number of alkyl halides is 3. The summed E-state index contributed by atoms with van der Waals surface area (Å²) in [7, 11) is 0. The molecule has 3 rings (SSSR count). The summed E-state index contributed by atoms with van der Waals surface area (Å²) in [5, 5.41) is 0. The van der Waals surface area contributed by atoms with E-state index in [0.717, 1.165) is 12.8 Å². The minimum absolute atomic E-state index is 0.141. The Morgan fingerprint density at radius 3 is 2.56 bits per heavy atom. The summed E-state index contributed by atoms with van der Waals surface area (Å²) in [6.07, 6.45) is -2.86. The van der Waals surface area contributed by atoms with Gasteiger partial charge in [-0.2, -0.15) is 0 Å². The molecule has 0 saturated heterocycles. The van der Waals surface area contributed by atoms with Crippen molar-refractivity contribution in [2.24, 2.45) is 0 Å². The van der Waals surface area contributed by atoms with E-state index in [-0.39, 0.29) is 11.7 Å². The fourth-order valence-electron chi connectivity index (χ4n) is 2.71. The smallest absolute Gasteiger partial charge is 0.406 e. The van der Waals surface area contributed by atoms with Gasteiger partial charge in [0.25, 0.3) is 5.91 Å². The van der Waals surface area contributed by atoms with Gasteiger partial charge >= 0.3 is 6.36 Å². The fraction of sp³-hybridized carbons (Fsp3) is 0.375. The van der Waals surface area contributed by atoms with Gasteiger partial charge in [-0.1, -0.05) is 13.3 Å². The van der Waals surface area contributed by atoms with E-state index in [9.17, 15) is 18.0 Å². The highest BCUT2D eigenvalue weighted by Crippen LogP contribution is 2.34. The van der Waals surface area contributed by atoms with Crippen LogP contribution in [0.4, 0.5) is 13.2 Å². The molecule has 134 valence electrons. The molecule has 0 aliphatic carbocycles. The van der Waals surface area contributed by atoms with E-state index in [4.69, 9.17) is 0 Å². The predicted molar refractivity (Wildman–Crippen MR) is 88.0 cm³/mol. The molecule has 0 atom stereocenters. The molecule has 2 aromatic rings. The third-order valence-corrected chi connectivity index (χ3v) is 4.41. The summed E-state index contributed by atoms with van der Waals surface area (Å²) in [4.78, 5) is 18.4. The fourth-order valence-corrected chi connectivity index (χ4v) is 3.32. The second kappa shape index (κ2) is 6.70. The number of fused-ring (bicyclic) bond motifs is 1. The lowest BCUT2D eigenvalue weighted by molar-refractivity contribution is -0.274. The Balaban J connectivity index is 1.88. The second-order valence-electron chi connectivity index (χ2n) is 5.64. The first-order chi connectivity index (χ1) is 11.8. The molecule has 0 saturated carbocycles. The molecular formula is C16H15BrF3N3O2. The number of aromatic nitrogens is 2. The van der Waals surface area contributed by atoms with Gasteiger partial charge in [0, 0.05) is 12.1 Å². The number of amides is 1. The highest BCUT2D eigenvalue weighted by molar-refractivity contribution is 9.10. The summed E-state index contributed by atoms with van der Waals surface area (Å²) >= 11 is 3.33. The Kier molecular flexibility index (Phi) is 4.77. The van der Waals surface area contributed by atoms with Crippen molar-refractivity contribution in [2.75, 3.05) is 6.54 Å². The van der Waals surface area contributed by atoms with Crippen LogP contribution in [0.15, 0.2) is 28.9 Å². The molecule has 1 aromatic heterocycles. The molecule has 9 heteroatoms. The van der Waals surface area contributed by atoms with Crippen molar-refractivity contribution in [1.29, 1.82) is 0 Å². The Bertz CT molecular complexity index is 787. The third-order valence-electron chi connectivity index (χ3n) is 3.86. The van der Waals surface area contributed by atoms with Crippen molar-refractivity contribution in [2.45, 2.75) is 32.8 Å². The topological polar surface area (TPSA) is 47.4 Å². The van der Waals surface area contributed by atoms with Crippen LogP contribution in [0.5, 0.6) is 5.75 Å². The first kappa shape index (κ1) is 17.8. The van der Waals surface area contributed by atoms with Crippen LogP contribution in [0.1, 0.15) is 30.4 Å². The molecule has 25 heavy (non-hydrogen) atoms. The van der Waals surface area contributed by atoms with Crippen molar-refractivity contribution in [3.8, 4) is 17.0 Å². The normalized spacial score (nSPS) is 14.1. The van der Waals surface area contributed by atoms with Crippen LogP contribution >= 0.6 is 15.9 Å². The van der Waals surface area contributed by atoms with Crippen molar-refractivity contribution in [3.05, 3.63) is 34.7 Å². The standard InChI is InChI=1S/C16H15BrF3N3O2/c1-2-3-8-22-9-23-12(13(17)21-14(23)15(22)24)10-4-6-11(7-5-10)25-16(18,19)20/h4-7H,2-3,8-9H2,1H3. The number of rotatable bonds is 5. The van der Waals surface area contributed by atoms with Crippen molar-refractivity contribution >= 4 is 21.8 Å². The number of hydrogen-bond donors (Lipinski definition) is 0. The summed E-state index contributed by atoms with van der Waals surface area (Å²) in [5.41, 5.74) is 1.30. The predicted octanol–water partition coefficient (Wildman–Crippen LogP) is 4.42. The van der Waals surface area contributed by atoms with E-state index in [2.05, 4.69) is 25.7 Å². The van der Waals surface area contributed by atoms with E-state index in [1.165, 1.54) is 24.3 Å². The van der Waals surface area contributed by atoms with Gasteiger partial charge in [-0.3, -0.25) is 4.79 Å². The van der Waals surface area contributed by atoms with Gasteiger partial charge < -0.3 is 14.2 Å². The summed E-state index contributed by atoms with van der Waals surface area (Å²) in [5.74, 6) is -0.111. The molecule has 1 amide bonds. The Hall–Kier alpha value is -2.03. The number of carbonyl (C=O) groups is 1. The number of ether oxygens (including phenoxy) is 1. The van der Waals surface area contributed by atoms with Crippen molar-refractivity contribution < 1.29 is 22.7 Å². The third kappa shape index (κ3) is 3.65. The highest BCUT2D eigenvalue weighted by atomic mass is 79.9. The molecule has 1 aromatic carbocycles. The van der Waals surface area contributed by atoms with Crippen LogP contribution in [0.25, 0.3) is 11.3 Å². The first-order valence-electron chi connectivity index (χ1n) is 7.71. The van der Waals surface area contributed by atoms with E-state index in [0.29, 0.717) is 34.9 Å². The van der Waals surface area contributed by atoms with Crippen LogP contribution in [0.3, 0.4) is 0 Å². The quantitative estimate of drug-likeness (QED) is 0.722. The number of imidazole rings is 1. The van der Waals surface area contributed by atoms with E-state index < -0.39 is 6.36 Å². The van der Waals surface area contributed by atoms with Gasteiger partial charge in [0.2, 0.25) is 5.82 Å². The molecule has 5 nitrogen and oxygen atoms in total. The zero-order chi connectivity index (χ0) is 18.2. The lowest BCUT2D eigenvalue weighted by Crippen LogP contribution is -2.26. The van der Waals surface area contributed by atoms with Crippen LogP contribution in [-0.4, -0.2) is 33.3 Å². The van der Waals surface area contributed by atoms with Gasteiger partial charge in [-0.15, -0.1) is 13.2 Å². The summed E-state index contributed by atoms with van der Waals surface area (Å²) in [6.45, 7) is 3.07. The van der Waals surface area contributed by atoms with Crippen molar-refractivity contribution in [3.63, 3.8) is 0 Å². The van der Waals surface area contributed by atoms with Crippen LogP contribution in [-0.2, 0) is 6.67 Å². The van der Waals surface area contributed by atoms with Crippen LogP contribution in [0, 0.1) is 0 Å². The number of halogens is 4. The molecule has 0 radical (unpaired) electrons. The molecule has 1 aliphatic rings. The van der Waals surface area contributed by atoms with Gasteiger partial charge in [-0.05, 0) is 46.6 Å². The molecule has 2 heterocycles. The molecule has 0 spiro atoms. The highest BCUT2D eigenvalue weighted by Gasteiger charge is 2.33. The zero-order valence-electron chi connectivity index (χ0n) is 13.3. The van der Waals surface area contributed by atoms with Crippen LogP contribution < -0.4 is 4.74 Å². The number of unbranched alkanes of at least 4 members (excludes halogenated alkanes) is 1. The van der Waals surface area contributed by atoms with Gasteiger partial charge in [0.1, 0.15) is 10.4 Å². The minimum Gasteiger partial charge on any atom is -0.406 e. The van der Waals surface area contributed by atoms with Crippen molar-refractivity contribution in [1.82, 2.24) is 14.5 Å². The molecule has 0 bridgehead atoms. The maximum Gasteiger partial charge on any atom is 0.573 e. The van der Waals surface area contributed by atoms with E-state index >= 15 is 0 Å². The van der Waals surface area contributed by atoms with Crippen LogP contribution in [0.2, 0.25) is 0 Å². The average Bonchev–Trinajstić information content (AvgIpc) is 3.00. The number of hydrogen-bond acceptors (Lipinski definition) is 3. The number of carbonyl (C=O) groups excluding carboxylic acids is 1. The molecule has 1 aliphatic heterocycles. The summed E-state index contributed by atoms with van der Waals surface area (Å²) in [6, 6.07) is 5.49. The zero-order valence-corrected chi connectivity index (χ0v) is 14.9. The minimum atomic E-state index is -4.73.